The molecular weight excluding hydrogens is 294 g/mol. The second-order valence-corrected chi connectivity index (χ2v) is 5.52. The number of alkyl halides is 1. The van der Waals surface area contributed by atoms with Crippen molar-refractivity contribution in [1.82, 2.24) is 5.32 Å². The first-order chi connectivity index (χ1) is 8.61. The Labute approximate surface area is 116 Å². The van der Waals surface area contributed by atoms with Crippen molar-refractivity contribution in [3.8, 4) is 0 Å². The van der Waals surface area contributed by atoms with Crippen molar-refractivity contribution in [2.45, 2.75) is 33.1 Å². The zero-order valence-electron chi connectivity index (χ0n) is 10.7. The van der Waals surface area contributed by atoms with Crippen molar-refractivity contribution in [2.24, 2.45) is 5.92 Å². The number of amides is 1. The number of hydrogen-bond acceptors (Lipinski definition) is 2. The molecule has 1 aliphatic heterocycles. The lowest BCUT2D eigenvalue weighted by Crippen LogP contribution is -2.37. The number of halogens is 1. The molecule has 1 N–H and O–H groups in total. The number of hydrogen-bond donors (Lipinski definition) is 1. The maximum Gasteiger partial charge on any atom is 0.251 e. The topological polar surface area (TPSA) is 38.3 Å². The van der Waals surface area contributed by atoms with Gasteiger partial charge in [0.1, 0.15) is 0 Å². The van der Waals surface area contributed by atoms with Crippen LogP contribution >= 0.6 is 15.9 Å². The highest BCUT2D eigenvalue weighted by molar-refractivity contribution is 9.09. The van der Waals surface area contributed by atoms with Gasteiger partial charge in [-0.1, -0.05) is 28.9 Å². The van der Waals surface area contributed by atoms with Gasteiger partial charge >= 0.3 is 0 Å². The number of carbonyl (C=O) groups excluding carboxylic acids is 1. The van der Waals surface area contributed by atoms with E-state index in [1.807, 2.05) is 25.1 Å². The Bertz CT molecular complexity index is 447. The largest absolute Gasteiger partial charge is 0.372 e. The molecule has 0 aliphatic carbocycles. The first kappa shape index (κ1) is 13.6. The van der Waals surface area contributed by atoms with Crippen LogP contribution in [0.5, 0.6) is 0 Å². The van der Waals surface area contributed by atoms with Crippen LogP contribution in [0.3, 0.4) is 0 Å². The second kappa shape index (κ2) is 5.85. The Hall–Kier alpha value is -0.870. The van der Waals surface area contributed by atoms with Crippen LogP contribution in [0.15, 0.2) is 18.2 Å². The summed E-state index contributed by atoms with van der Waals surface area (Å²) in [4.78, 5) is 12.1. The standard InChI is InChI=1S/C14H18BrNO2/c1-9(6-15)10(2)16-14(17)11-3-4-12-7-18-8-13(12)5-11/h3-5,9-10H,6-8H2,1-2H3,(H,16,17). The van der Waals surface area contributed by atoms with E-state index in [1.165, 1.54) is 5.56 Å². The van der Waals surface area contributed by atoms with Gasteiger partial charge in [-0.25, -0.2) is 0 Å². The Balaban J connectivity index is 2.05. The van der Waals surface area contributed by atoms with Crippen molar-refractivity contribution < 1.29 is 9.53 Å². The fourth-order valence-corrected chi connectivity index (χ4v) is 2.44. The van der Waals surface area contributed by atoms with Crippen molar-refractivity contribution in [1.29, 1.82) is 0 Å². The molecule has 1 amide bonds. The normalized spacial score (nSPS) is 17.1. The molecule has 4 heteroatoms. The third-order valence-corrected chi connectivity index (χ3v) is 4.46. The van der Waals surface area contributed by atoms with Crippen molar-refractivity contribution in [3.05, 3.63) is 34.9 Å². The van der Waals surface area contributed by atoms with E-state index in [0.717, 1.165) is 10.9 Å². The molecule has 3 nitrogen and oxygen atoms in total. The van der Waals surface area contributed by atoms with Gasteiger partial charge in [-0.2, -0.15) is 0 Å². The molecule has 1 aromatic rings. The number of fused-ring (bicyclic) bond motifs is 1. The molecule has 0 radical (unpaired) electrons. The first-order valence-corrected chi connectivity index (χ1v) is 7.30. The van der Waals surface area contributed by atoms with Crippen LogP contribution in [-0.2, 0) is 18.0 Å². The van der Waals surface area contributed by atoms with Crippen LogP contribution in [0, 0.1) is 5.92 Å². The van der Waals surface area contributed by atoms with Gasteiger partial charge in [-0.05, 0) is 36.1 Å². The van der Waals surface area contributed by atoms with Crippen molar-refractivity contribution in [3.63, 3.8) is 0 Å². The zero-order valence-corrected chi connectivity index (χ0v) is 12.3. The second-order valence-electron chi connectivity index (χ2n) is 4.87. The van der Waals surface area contributed by atoms with Crippen LogP contribution < -0.4 is 5.32 Å². The Kier molecular flexibility index (Phi) is 4.40. The lowest BCUT2D eigenvalue weighted by atomic mass is 10.0. The molecule has 18 heavy (non-hydrogen) atoms. The van der Waals surface area contributed by atoms with Gasteiger partial charge in [0.15, 0.2) is 0 Å². The van der Waals surface area contributed by atoms with Gasteiger partial charge in [0, 0.05) is 16.9 Å². The summed E-state index contributed by atoms with van der Waals surface area (Å²) >= 11 is 3.43. The average molecular weight is 312 g/mol. The summed E-state index contributed by atoms with van der Waals surface area (Å²) in [6.45, 7) is 5.41. The molecule has 1 aliphatic rings. The van der Waals surface area contributed by atoms with Gasteiger partial charge in [-0.15, -0.1) is 0 Å². The van der Waals surface area contributed by atoms with Gasteiger partial charge in [0.2, 0.25) is 0 Å². The highest BCUT2D eigenvalue weighted by Crippen LogP contribution is 2.21. The van der Waals surface area contributed by atoms with Crippen LogP contribution in [-0.4, -0.2) is 17.3 Å². The van der Waals surface area contributed by atoms with Crippen LogP contribution in [0.1, 0.15) is 35.3 Å². The molecule has 0 spiro atoms. The Morgan fingerprint density at radius 1 is 1.39 bits per heavy atom. The van der Waals surface area contributed by atoms with E-state index in [1.54, 1.807) is 0 Å². The minimum atomic E-state index is -0.00926. The Morgan fingerprint density at radius 3 is 2.83 bits per heavy atom. The lowest BCUT2D eigenvalue weighted by Gasteiger charge is -2.19. The number of rotatable bonds is 4. The van der Waals surface area contributed by atoms with Gasteiger partial charge in [0.05, 0.1) is 13.2 Å². The number of nitrogens with one attached hydrogen (secondary N) is 1. The van der Waals surface area contributed by atoms with Crippen molar-refractivity contribution >= 4 is 21.8 Å². The summed E-state index contributed by atoms with van der Waals surface area (Å²) in [7, 11) is 0. The highest BCUT2D eigenvalue weighted by atomic mass is 79.9. The predicted molar refractivity (Wildman–Crippen MR) is 74.8 cm³/mol. The van der Waals surface area contributed by atoms with Gasteiger partial charge in [0.25, 0.3) is 5.91 Å². The maximum atomic E-state index is 12.1. The SMILES string of the molecule is CC(CBr)C(C)NC(=O)c1ccc2c(c1)COC2. The van der Waals surface area contributed by atoms with Crippen LogP contribution in [0.25, 0.3) is 0 Å². The minimum Gasteiger partial charge on any atom is -0.372 e. The molecule has 2 atom stereocenters. The summed E-state index contributed by atoms with van der Waals surface area (Å²) in [5.74, 6) is 0.400. The Morgan fingerprint density at radius 2 is 2.11 bits per heavy atom. The third kappa shape index (κ3) is 2.93. The molecule has 0 aromatic heterocycles. The first-order valence-electron chi connectivity index (χ1n) is 6.18. The smallest absolute Gasteiger partial charge is 0.251 e. The molecular formula is C14H18BrNO2. The summed E-state index contributed by atoms with van der Waals surface area (Å²) in [5.41, 5.74) is 3.03. The molecule has 2 unspecified atom stereocenters. The molecule has 1 heterocycles. The molecule has 2 rings (SSSR count). The fourth-order valence-electron chi connectivity index (χ4n) is 1.88. The minimum absolute atomic E-state index is 0.00926. The molecule has 1 aromatic carbocycles. The quantitative estimate of drug-likeness (QED) is 0.868. The third-order valence-electron chi connectivity index (χ3n) is 3.44. The van der Waals surface area contributed by atoms with Crippen LogP contribution in [0.4, 0.5) is 0 Å². The highest BCUT2D eigenvalue weighted by Gasteiger charge is 2.17. The molecule has 0 saturated carbocycles. The van der Waals surface area contributed by atoms with E-state index >= 15 is 0 Å². The van der Waals surface area contributed by atoms with Gasteiger partial charge in [-0.3, -0.25) is 4.79 Å². The number of carbonyl (C=O) groups is 1. The monoisotopic (exact) mass is 311 g/mol. The summed E-state index contributed by atoms with van der Waals surface area (Å²) in [6.07, 6.45) is 0. The predicted octanol–water partition coefficient (Wildman–Crippen LogP) is 2.87. The van der Waals surface area contributed by atoms with E-state index in [4.69, 9.17) is 4.74 Å². The molecule has 0 bridgehead atoms. The molecule has 98 valence electrons. The lowest BCUT2D eigenvalue weighted by molar-refractivity contribution is 0.0931. The van der Waals surface area contributed by atoms with E-state index < -0.39 is 0 Å². The van der Waals surface area contributed by atoms with E-state index in [9.17, 15) is 4.79 Å². The number of benzene rings is 1. The molecule has 0 saturated heterocycles. The summed E-state index contributed by atoms with van der Waals surface area (Å²) in [6, 6.07) is 5.94. The van der Waals surface area contributed by atoms with E-state index in [0.29, 0.717) is 24.7 Å². The summed E-state index contributed by atoms with van der Waals surface area (Å²) < 4.78 is 5.35. The average Bonchev–Trinajstić information content (AvgIpc) is 2.84. The maximum absolute atomic E-state index is 12.1. The van der Waals surface area contributed by atoms with E-state index in [2.05, 4.69) is 28.2 Å². The number of ether oxygens (including phenoxy) is 1. The van der Waals surface area contributed by atoms with Crippen LogP contribution in [0.2, 0.25) is 0 Å². The van der Waals surface area contributed by atoms with E-state index in [-0.39, 0.29) is 11.9 Å². The molecule has 0 fully saturated rings. The zero-order chi connectivity index (χ0) is 13.1. The summed E-state index contributed by atoms with van der Waals surface area (Å²) in [5, 5.41) is 3.91. The van der Waals surface area contributed by atoms with Crippen molar-refractivity contribution in [2.75, 3.05) is 5.33 Å². The van der Waals surface area contributed by atoms with Gasteiger partial charge < -0.3 is 10.1 Å². The fraction of sp³-hybridized carbons (Fsp3) is 0.500.